The Morgan fingerprint density at radius 1 is 1.23 bits per heavy atom. The average Bonchev–Trinajstić information content (AvgIpc) is 2.12. The lowest BCUT2D eigenvalue weighted by atomic mass is 9.92. The van der Waals surface area contributed by atoms with Gasteiger partial charge in [0.1, 0.15) is 0 Å². The smallest absolute Gasteiger partial charge is 0.00251 e. The molecule has 1 aliphatic rings. The van der Waals surface area contributed by atoms with E-state index >= 15 is 0 Å². The fourth-order valence-corrected chi connectivity index (χ4v) is 2.01. The predicted molar refractivity (Wildman–Crippen MR) is 55.8 cm³/mol. The maximum absolute atomic E-state index is 2.49. The number of nitrogens with zero attached hydrogens (tertiary/aromatic N) is 1. The highest BCUT2D eigenvalue weighted by atomic mass is 15.2. The van der Waals surface area contributed by atoms with Crippen LogP contribution in [0.2, 0.25) is 0 Å². The number of hydrogen-bond acceptors (Lipinski definition) is 1. The molecule has 0 unspecified atom stereocenters. The van der Waals surface area contributed by atoms with Gasteiger partial charge in [-0.3, -0.25) is 0 Å². The molecule has 0 spiro atoms. The monoisotopic (exact) mass is 175 g/mol. The SMILES string of the molecule is CCN1CC(Cc2ccccc2)C1. The maximum Gasteiger partial charge on any atom is 0.00251 e. The lowest BCUT2D eigenvalue weighted by Crippen LogP contribution is -2.47. The molecular weight excluding hydrogens is 158 g/mol. The summed E-state index contributed by atoms with van der Waals surface area (Å²) in [6.45, 7) is 6.04. The van der Waals surface area contributed by atoms with Crippen molar-refractivity contribution in [2.45, 2.75) is 13.3 Å². The Labute approximate surface area is 80.4 Å². The van der Waals surface area contributed by atoms with Gasteiger partial charge in [-0.1, -0.05) is 37.3 Å². The second kappa shape index (κ2) is 3.93. The summed E-state index contributed by atoms with van der Waals surface area (Å²) < 4.78 is 0. The Morgan fingerprint density at radius 3 is 2.54 bits per heavy atom. The quantitative estimate of drug-likeness (QED) is 0.680. The van der Waals surface area contributed by atoms with E-state index in [1.165, 1.54) is 31.6 Å². The Kier molecular flexibility index (Phi) is 2.65. The largest absolute Gasteiger partial charge is 0.303 e. The molecule has 1 aliphatic heterocycles. The zero-order chi connectivity index (χ0) is 9.10. The highest BCUT2D eigenvalue weighted by Crippen LogP contribution is 2.19. The van der Waals surface area contributed by atoms with E-state index in [4.69, 9.17) is 0 Å². The number of benzene rings is 1. The molecule has 70 valence electrons. The van der Waals surface area contributed by atoms with Crippen molar-refractivity contribution < 1.29 is 0 Å². The van der Waals surface area contributed by atoms with Crippen LogP contribution in [-0.2, 0) is 6.42 Å². The van der Waals surface area contributed by atoms with Crippen molar-refractivity contribution >= 4 is 0 Å². The molecule has 1 heteroatoms. The van der Waals surface area contributed by atoms with E-state index < -0.39 is 0 Å². The van der Waals surface area contributed by atoms with E-state index in [2.05, 4.69) is 42.2 Å². The molecule has 0 radical (unpaired) electrons. The average molecular weight is 175 g/mol. The van der Waals surface area contributed by atoms with Gasteiger partial charge < -0.3 is 4.90 Å². The third-order valence-electron chi connectivity index (χ3n) is 2.85. The van der Waals surface area contributed by atoms with E-state index in [-0.39, 0.29) is 0 Å². The molecule has 13 heavy (non-hydrogen) atoms. The fourth-order valence-electron chi connectivity index (χ4n) is 2.01. The predicted octanol–water partition coefficient (Wildman–Crippen LogP) is 2.18. The molecule has 1 nitrogen and oxygen atoms in total. The maximum atomic E-state index is 2.49. The minimum absolute atomic E-state index is 0.905. The third-order valence-corrected chi connectivity index (χ3v) is 2.85. The lowest BCUT2D eigenvalue weighted by molar-refractivity contribution is 0.108. The van der Waals surface area contributed by atoms with Crippen LogP contribution in [0.15, 0.2) is 30.3 Å². The van der Waals surface area contributed by atoms with Crippen LogP contribution in [0.4, 0.5) is 0 Å². The molecule has 0 amide bonds. The van der Waals surface area contributed by atoms with Crippen molar-refractivity contribution in [1.82, 2.24) is 4.90 Å². The highest BCUT2D eigenvalue weighted by Gasteiger charge is 2.24. The Hall–Kier alpha value is -0.820. The summed E-state index contributed by atoms with van der Waals surface area (Å²) in [5, 5.41) is 0. The van der Waals surface area contributed by atoms with Gasteiger partial charge in [-0.15, -0.1) is 0 Å². The van der Waals surface area contributed by atoms with Gasteiger partial charge in [0.25, 0.3) is 0 Å². The van der Waals surface area contributed by atoms with Crippen molar-refractivity contribution in [1.29, 1.82) is 0 Å². The van der Waals surface area contributed by atoms with Crippen molar-refractivity contribution in [3.63, 3.8) is 0 Å². The second-order valence-electron chi connectivity index (χ2n) is 3.91. The zero-order valence-electron chi connectivity index (χ0n) is 8.24. The summed E-state index contributed by atoms with van der Waals surface area (Å²) in [6.07, 6.45) is 1.26. The highest BCUT2D eigenvalue weighted by molar-refractivity contribution is 5.15. The minimum Gasteiger partial charge on any atom is -0.303 e. The summed E-state index contributed by atoms with van der Waals surface area (Å²) in [6, 6.07) is 10.8. The molecule has 1 fully saturated rings. The molecule has 0 N–H and O–H groups in total. The standard InChI is InChI=1S/C12H17N/c1-2-13-9-12(10-13)8-11-6-4-3-5-7-11/h3-7,12H,2,8-10H2,1H3. The minimum atomic E-state index is 0.905. The number of likely N-dealkylation sites (tertiary alicyclic amines) is 1. The van der Waals surface area contributed by atoms with E-state index in [0.717, 1.165) is 5.92 Å². The van der Waals surface area contributed by atoms with Gasteiger partial charge in [0, 0.05) is 13.1 Å². The molecule has 0 saturated carbocycles. The first-order valence-electron chi connectivity index (χ1n) is 5.14. The van der Waals surface area contributed by atoms with E-state index in [1.807, 2.05) is 0 Å². The van der Waals surface area contributed by atoms with Crippen LogP contribution in [0, 0.1) is 5.92 Å². The molecule has 2 rings (SSSR count). The van der Waals surface area contributed by atoms with Crippen LogP contribution in [0.25, 0.3) is 0 Å². The van der Waals surface area contributed by atoms with Crippen LogP contribution in [-0.4, -0.2) is 24.5 Å². The summed E-state index contributed by atoms with van der Waals surface area (Å²) in [5.74, 6) is 0.905. The number of hydrogen-bond donors (Lipinski definition) is 0. The normalized spacial score (nSPS) is 18.5. The Bertz CT molecular complexity index is 249. The first kappa shape index (κ1) is 8.76. The fraction of sp³-hybridized carbons (Fsp3) is 0.500. The van der Waals surface area contributed by atoms with E-state index in [0.29, 0.717) is 0 Å². The molecule has 0 aliphatic carbocycles. The summed E-state index contributed by atoms with van der Waals surface area (Å²) >= 11 is 0. The van der Waals surface area contributed by atoms with Crippen molar-refractivity contribution in [2.75, 3.05) is 19.6 Å². The van der Waals surface area contributed by atoms with Gasteiger partial charge in [0.05, 0.1) is 0 Å². The molecule has 1 aromatic carbocycles. The van der Waals surface area contributed by atoms with Crippen LogP contribution in [0.1, 0.15) is 12.5 Å². The van der Waals surface area contributed by atoms with Crippen LogP contribution in [0.5, 0.6) is 0 Å². The van der Waals surface area contributed by atoms with Gasteiger partial charge in [0.15, 0.2) is 0 Å². The molecule has 0 aromatic heterocycles. The molecule has 1 aromatic rings. The Morgan fingerprint density at radius 2 is 1.92 bits per heavy atom. The van der Waals surface area contributed by atoms with Crippen molar-refractivity contribution in [2.24, 2.45) is 5.92 Å². The van der Waals surface area contributed by atoms with Gasteiger partial charge >= 0.3 is 0 Å². The summed E-state index contributed by atoms with van der Waals surface area (Å²) in [7, 11) is 0. The van der Waals surface area contributed by atoms with Crippen LogP contribution >= 0.6 is 0 Å². The van der Waals surface area contributed by atoms with Gasteiger partial charge in [-0.25, -0.2) is 0 Å². The molecular formula is C12H17N. The molecule has 1 saturated heterocycles. The second-order valence-corrected chi connectivity index (χ2v) is 3.91. The topological polar surface area (TPSA) is 3.24 Å². The third kappa shape index (κ3) is 2.10. The number of rotatable bonds is 3. The first-order valence-corrected chi connectivity index (χ1v) is 5.14. The first-order chi connectivity index (χ1) is 6.38. The van der Waals surface area contributed by atoms with Crippen LogP contribution in [0.3, 0.4) is 0 Å². The lowest BCUT2D eigenvalue weighted by Gasteiger charge is -2.38. The van der Waals surface area contributed by atoms with Gasteiger partial charge in [0.2, 0.25) is 0 Å². The van der Waals surface area contributed by atoms with Crippen molar-refractivity contribution in [3.05, 3.63) is 35.9 Å². The molecule has 0 atom stereocenters. The van der Waals surface area contributed by atoms with Gasteiger partial charge in [-0.05, 0) is 24.4 Å². The van der Waals surface area contributed by atoms with Crippen LogP contribution < -0.4 is 0 Å². The van der Waals surface area contributed by atoms with Crippen molar-refractivity contribution in [3.8, 4) is 0 Å². The van der Waals surface area contributed by atoms with E-state index in [1.54, 1.807) is 0 Å². The van der Waals surface area contributed by atoms with E-state index in [9.17, 15) is 0 Å². The summed E-state index contributed by atoms with van der Waals surface area (Å²) in [4.78, 5) is 2.49. The Balaban J connectivity index is 1.81. The summed E-state index contributed by atoms with van der Waals surface area (Å²) in [5.41, 5.74) is 1.49. The zero-order valence-corrected chi connectivity index (χ0v) is 8.24. The molecule has 0 bridgehead atoms. The van der Waals surface area contributed by atoms with Gasteiger partial charge in [-0.2, -0.15) is 0 Å². The molecule has 1 heterocycles.